The fraction of sp³-hybridized carbons (Fsp3) is 0.0870. The quantitative estimate of drug-likeness (QED) is 0.525. The van der Waals surface area contributed by atoms with Gasteiger partial charge in [-0.25, -0.2) is 4.79 Å². The normalized spacial score (nSPS) is 15.0. The molecule has 2 aromatic carbocycles. The zero-order valence-corrected chi connectivity index (χ0v) is 16.2. The molecule has 0 saturated carbocycles. The van der Waals surface area contributed by atoms with E-state index in [1.165, 1.54) is 12.1 Å². The Bertz CT molecular complexity index is 1190. The first-order chi connectivity index (χ1) is 14.4. The molecule has 1 aliphatic rings. The summed E-state index contributed by atoms with van der Waals surface area (Å²) in [5, 5.41) is 13.8. The summed E-state index contributed by atoms with van der Waals surface area (Å²) in [6, 6.07) is 17.0. The minimum absolute atomic E-state index is 0.0504. The van der Waals surface area contributed by atoms with E-state index in [1.807, 2.05) is 31.2 Å². The van der Waals surface area contributed by atoms with Crippen LogP contribution in [0.4, 0.5) is 4.79 Å². The van der Waals surface area contributed by atoms with Gasteiger partial charge in [-0.05, 0) is 48.4 Å². The first-order valence-corrected chi connectivity index (χ1v) is 9.31. The molecule has 0 unspecified atom stereocenters. The molecule has 4 rings (SSSR count). The van der Waals surface area contributed by atoms with Gasteiger partial charge in [-0.2, -0.15) is 0 Å². The number of hydrogen-bond donors (Lipinski definition) is 1. The second kappa shape index (κ2) is 7.71. The van der Waals surface area contributed by atoms with Gasteiger partial charge in [-0.15, -0.1) is 0 Å². The number of amides is 3. The summed E-state index contributed by atoms with van der Waals surface area (Å²) in [5.41, 5.74) is 3.33. The lowest BCUT2D eigenvalue weighted by Gasteiger charge is -2.12. The van der Waals surface area contributed by atoms with E-state index in [-0.39, 0.29) is 17.8 Å². The van der Waals surface area contributed by atoms with Gasteiger partial charge >= 0.3 is 6.03 Å². The van der Waals surface area contributed by atoms with Crippen LogP contribution in [0.3, 0.4) is 0 Å². The molecule has 1 aliphatic heterocycles. The van der Waals surface area contributed by atoms with E-state index >= 15 is 0 Å². The molecule has 150 valence electrons. The Labute approximate surface area is 172 Å². The summed E-state index contributed by atoms with van der Waals surface area (Å²) in [5.74, 6) is -1.69. The number of hydrogen-bond acceptors (Lipinski definition) is 4. The number of carbonyl (C=O) groups is 3. The predicted molar refractivity (Wildman–Crippen MR) is 108 cm³/mol. The van der Waals surface area contributed by atoms with Crippen LogP contribution < -0.4 is 10.4 Å². The molecule has 0 aliphatic carbocycles. The molecule has 7 nitrogen and oxygen atoms in total. The summed E-state index contributed by atoms with van der Waals surface area (Å²) in [6.45, 7) is 2.13. The third kappa shape index (κ3) is 3.73. The number of nitrogens with zero attached hydrogens (tertiary/aromatic N) is 2. The average molecular weight is 400 g/mol. The van der Waals surface area contributed by atoms with Crippen molar-refractivity contribution in [1.82, 2.24) is 14.8 Å². The largest absolute Gasteiger partial charge is 0.545 e. The zero-order valence-electron chi connectivity index (χ0n) is 16.2. The number of carbonyl (C=O) groups excluding carboxylic acids is 3. The van der Waals surface area contributed by atoms with Crippen LogP contribution in [0.15, 0.2) is 72.6 Å². The highest BCUT2D eigenvalue weighted by molar-refractivity contribution is 6.13. The van der Waals surface area contributed by atoms with Crippen molar-refractivity contribution in [3.63, 3.8) is 0 Å². The second-order valence-corrected chi connectivity index (χ2v) is 7.01. The number of rotatable bonds is 5. The van der Waals surface area contributed by atoms with Gasteiger partial charge in [0.15, 0.2) is 0 Å². The molecule has 0 atom stereocenters. The van der Waals surface area contributed by atoms with Crippen molar-refractivity contribution >= 4 is 24.0 Å². The van der Waals surface area contributed by atoms with Crippen molar-refractivity contribution in [2.24, 2.45) is 0 Å². The van der Waals surface area contributed by atoms with Crippen molar-refractivity contribution in [3.8, 4) is 5.69 Å². The SMILES string of the molecule is Cc1cccc(CN2C(=O)NC(=Cc3cccn3-c3cccc(C(=O)[O-])c3)C2=O)c1. The van der Waals surface area contributed by atoms with Crippen LogP contribution in [-0.4, -0.2) is 27.4 Å². The lowest BCUT2D eigenvalue weighted by Crippen LogP contribution is -2.30. The molecular formula is C23H18N3O4-. The monoisotopic (exact) mass is 400 g/mol. The van der Waals surface area contributed by atoms with Gasteiger partial charge in [0.25, 0.3) is 5.91 Å². The Hall–Kier alpha value is -4.13. The standard InChI is InChI=1S/C23H19N3O4/c1-15-5-2-6-16(11-15)14-26-21(27)20(24-23(26)30)13-19-9-4-10-25(19)18-8-3-7-17(12-18)22(28)29/h2-13H,14H2,1H3,(H,24,30)(H,28,29)/p-1. The first-order valence-electron chi connectivity index (χ1n) is 9.31. The molecule has 3 aromatic rings. The second-order valence-electron chi connectivity index (χ2n) is 7.01. The zero-order chi connectivity index (χ0) is 21.3. The Morgan fingerprint density at radius 3 is 2.63 bits per heavy atom. The summed E-state index contributed by atoms with van der Waals surface area (Å²) >= 11 is 0. The lowest BCUT2D eigenvalue weighted by molar-refractivity contribution is -0.255. The smallest absolute Gasteiger partial charge is 0.329 e. The first kappa shape index (κ1) is 19.2. The number of aromatic nitrogens is 1. The molecule has 0 radical (unpaired) electrons. The van der Waals surface area contributed by atoms with Gasteiger partial charge in [0.2, 0.25) is 0 Å². The van der Waals surface area contributed by atoms with E-state index in [0.717, 1.165) is 16.0 Å². The summed E-state index contributed by atoms with van der Waals surface area (Å²) < 4.78 is 1.72. The van der Waals surface area contributed by atoms with Crippen LogP contribution in [-0.2, 0) is 11.3 Å². The van der Waals surface area contributed by atoms with Crippen LogP contribution in [0.5, 0.6) is 0 Å². The fourth-order valence-electron chi connectivity index (χ4n) is 3.39. The minimum atomic E-state index is -1.27. The highest BCUT2D eigenvalue weighted by Crippen LogP contribution is 2.20. The number of carboxylic acid groups (broad SMARTS) is 1. The number of carboxylic acids is 1. The maximum Gasteiger partial charge on any atom is 0.329 e. The summed E-state index contributed by atoms with van der Waals surface area (Å²) in [7, 11) is 0. The number of aryl methyl sites for hydroxylation is 1. The maximum absolute atomic E-state index is 12.8. The third-order valence-corrected chi connectivity index (χ3v) is 4.82. The Morgan fingerprint density at radius 2 is 1.87 bits per heavy atom. The number of imide groups is 1. The third-order valence-electron chi connectivity index (χ3n) is 4.82. The lowest BCUT2D eigenvalue weighted by atomic mass is 10.1. The summed E-state index contributed by atoms with van der Waals surface area (Å²) in [6.07, 6.45) is 3.31. The van der Waals surface area contributed by atoms with Gasteiger partial charge in [-0.3, -0.25) is 9.69 Å². The molecule has 1 N–H and O–H groups in total. The number of aromatic carboxylic acids is 1. The predicted octanol–water partition coefficient (Wildman–Crippen LogP) is 2.24. The van der Waals surface area contributed by atoms with Crippen LogP contribution in [0.25, 0.3) is 11.8 Å². The van der Waals surface area contributed by atoms with Crippen molar-refractivity contribution in [2.75, 3.05) is 0 Å². The Morgan fingerprint density at radius 1 is 1.07 bits per heavy atom. The van der Waals surface area contributed by atoms with Crippen LogP contribution >= 0.6 is 0 Å². The molecule has 30 heavy (non-hydrogen) atoms. The van der Waals surface area contributed by atoms with Crippen LogP contribution in [0.1, 0.15) is 27.2 Å². The van der Waals surface area contributed by atoms with E-state index in [9.17, 15) is 19.5 Å². The van der Waals surface area contributed by atoms with Gasteiger partial charge in [0, 0.05) is 17.6 Å². The Kier molecular flexibility index (Phi) is 4.93. The van der Waals surface area contributed by atoms with Crippen LogP contribution in [0.2, 0.25) is 0 Å². The molecule has 1 saturated heterocycles. The maximum atomic E-state index is 12.8. The number of nitrogens with one attached hydrogen (secondary N) is 1. The number of urea groups is 1. The van der Waals surface area contributed by atoms with Gasteiger partial charge in [0.1, 0.15) is 5.70 Å². The van der Waals surface area contributed by atoms with Crippen LogP contribution in [0, 0.1) is 6.92 Å². The average Bonchev–Trinajstić information content (AvgIpc) is 3.28. The minimum Gasteiger partial charge on any atom is -0.545 e. The molecule has 0 spiro atoms. The van der Waals surface area contributed by atoms with Crippen molar-refractivity contribution in [3.05, 3.63) is 94.9 Å². The van der Waals surface area contributed by atoms with Crippen molar-refractivity contribution in [1.29, 1.82) is 0 Å². The van der Waals surface area contributed by atoms with Gasteiger partial charge < -0.3 is 19.8 Å². The Balaban J connectivity index is 1.61. The highest BCUT2D eigenvalue weighted by atomic mass is 16.4. The van der Waals surface area contributed by atoms with E-state index in [2.05, 4.69) is 5.32 Å². The van der Waals surface area contributed by atoms with E-state index in [4.69, 9.17) is 0 Å². The van der Waals surface area contributed by atoms with Crippen molar-refractivity contribution in [2.45, 2.75) is 13.5 Å². The van der Waals surface area contributed by atoms with Gasteiger partial charge in [-0.1, -0.05) is 42.0 Å². The van der Waals surface area contributed by atoms with E-state index in [0.29, 0.717) is 11.4 Å². The molecule has 7 heteroatoms. The van der Waals surface area contributed by atoms with E-state index in [1.54, 1.807) is 41.1 Å². The number of benzene rings is 2. The molecule has 2 heterocycles. The topological polar surface area (TPSA) is 94.5 Å². The molecule has 1 aromatic heterocycles. The molecule has 3 amide bonds. The molecule has 0 bridgehead atoms. The molecule has 1 fully saturated rings. The highest BCUT2D eigenvalue weighted by Gasteiger charge is 2.33. The van der Waals surface area contributed by atoms with Gasteiger partial charge in [0.05, 0.1) is 12.5 Å². The van der Waals surface area contributed by atoms with E-state index < -0.39 is 17.9 Å². The summed E-state index contributed by atoms with van der Waals surface area (Å²) in [4.78, 5) is 37.5. The fourth-order valence-corrected chi connectivity index (χ4v) is 3.39. The molecular weight excluding hydrogens is 382 g/mol. The van der Waals surface area contributed by atoms with Crippen molar-refractivity contribution < 1.29 is 19.5 Å².